The molecule has 124 valence electrons. The van der Waals surface area contributed by atoms with Gasteiger partial charge in [-0.25, -0.2) is 4.39 Å². The van der Waals surface area contributed by atoms with E-state index in [4.69, 9.17) is 4.74 Å². The molecule has 1 aliphatic rings. The molecule has 2 N–H and O–H groups in total. The van der Waals surface area contributed by atoms with Gasteiger partial charge in [0.25, 0.3) is 5.91 Å². The molecule has 7 heteroatoms. The topological polar surface area (TPSA) is 67.4 Å². The molecule has 0 aromatic heterocycles. The van der Waals surface area contributed by atoms with Crippen LogP contribution in [0.25, 0.3) is 0 Å². The predicted molar refractivity (Wildman–Crippen MR) is 90.0 cm³/mol. The first-order valence-electron chi connectivity index (χ1n) is 7.35. The Labute approximate surface area is 142 Å². The van der Waals surface area contributed by atoms with E-state index in [9.17, 15) is 14.0 Å². The van der Waals surface area contributed by atoms with E-state index in [0.29, 0.717) is 22.8 Å². The molecule has 3 rings (SSSR count). The van der Waals surface area contributed by atoms with Crippen LogP contribution in [0.15, 0.2) is 47.4 Å². The lowest BCUT2D eigenvalue weighted by Crippen LogP contribution is -2.28. The van der Waals surface area contributed by atoms with Crippen LogP contribution in [0.3, 0.4) is 0 Å². The number of benzene rings is 2. The van der Waals surface area contributed by atoms with Crippen molar-refractivity contribution in [2.24, 2.45) is 0 Å². The third-order valence-electron chi connectivity index (χ3n) is 3.33. The summed E-state index contributed by atoms with van der Waals surface area (Å²) in [6, 6.07) is 11.0. The molecule has 1 heterocycles. The molecule has 0 aliphatic carbocycles. The number of hydrogen-bond donors (Lipinski definition) is 2. The van der Waals surface area contributed by atoms with Crippen LogP contribution >= 0.6 is 11.8 Å². The molecule has 0 atom stereocenters. The van der Waals surface area contributed by atoms with Gasteiger partial charge < -0.3 is 15.4 Å². The molecule has 2 amide bonds. The van der Waals surface area contributed by atoms with Crippen LogP contribution < -0.4 is 15.4 Å². The molecular formula is C17H15FN2O3S. The van der Waals surface area contributed by atoms with Gasteiger partial charge >= 0.3 is 0 Å². The van der Waals surface area contributed by atoms with E-state index in [0.717, 1.165) is 4.90 Å². The summed E-state index contributed by atoms with van der Waals surface area (Å²) in [6.07, 6.45) is 0. The molecule has 0 fully saturated rings. The average molecular weight is 346 g/mol. The van der Waals surface area contributed by atoms with Crippen LogP contribution in [-0.4, -0.2) is 30.7 Å². The van der Waals surface area contributed by atoms with Crippen LogP contribution in [0.2, 0.25) is 0 Å². The number of fused-ring (bicyclic) bond motifs is 1. The number of ether oxygens (including phenoxy) is 1. The zero-order valence-corrected chi connectivity index (χ0v) is 13.5. The van der Waals surface area contributed by atoms with E-state index in [1.165, 1.54) is 23.9 Å². The quantitative estimate of drug-likeness (QED) is 0.817. The van der Waals surface area contributed by atoms with Crippen LogP contribution in [0.1, 0.15) is 10.4 Å². The Hall–Kier alpha value is -2.54. The number of nitrogens with one attached hydrogen (secondary N) is 2. The highest BCUT2D eigenvalue weighted by Gasteiger charge is 2.17. The molecule has 0 saturated carbocycles. The lowest BCUT2D eigenvalue weighted by atomic mass is 10.2. The monoisotopic (exact) mass is 346 g/mol. The zero-order valence-electron chi connectivity index (χ0n) is 12.7. The molecule has 1 aliphatic heterocycles. The fraction of sp³-hybridized carbons (Fsp3) is 0.176. The van der Waals surface area contributed by atoms with Crippen molar-refractivity contribution in [2.45, 2.75) is 4.90 Å². The second-order valence-corrected chi connectivity index (χ2v) is 6.13. The molecule has 24 heavy (non-hydrogen) atoms. The highest BCUT2D eigenvalue weighted by molar-refractivity contribution is 8.00. The molecule has 0 radical (unpaired) electrons. The number of thioether (sulfide) groups is 1. The summed E-state index contributed by atoms with van der Waals surface area (Å²) in [4.78, 5) is 24.5. The molecule has 0 bridgehead atoms. The van der Waals surface area contributed by atoms with Crippen molar-refractivity contribution in [2.75, 3.05) is 24.2 Å². The van der Waals surface area contributed by atoms with Gasteiger partial charge in [0, 0.05) is 16.5 Å². The van der Waals surface area contributed by atoms with Crippen molar-refractivity contribution in [3.05, 3.63) is 53.8 Å². The fourth-order valence-electron chi connectivity index (χ4n) is 2.22. The minimum Gasteiger partial charge on any atom is -0.492 e. The number of amides is 2. The summed E-state index contributed by atoms with van der Waals surface area (Å²) >= 11 is 1.44. The van der Waals surface area contributed by atoms with Gasteiger partial charge in [0.1, 0.15) is 18.2 Å². The largest absolute Gasteiger partial charge is 0.492 e. The van der Waals surface area contributed by atoms with Gasteiger partial charge in [-0.2, -0.15) is 0 Å². The second kappa shape index (κ2) is 7.35. The Balaban J connectivity index is 1.52. The first-order chi connectivity index (χ1) is 11.6. The van der Waals surface area contributed by atoms with Gasteiger partial charge in [-0.1, -0.05) is 6.07 Å². The van der Waals surface area contributed by atoms with Crippen LogP contribution in [0.4, 0.5) is 10.1 Å². The van der Waals surface area contributed by atoms with E-state index in [2.05, 4.69) is 10.6 Å². The van der Waals surface area contributed by atoms with E-state index in [1.807, 2.05) is 6.07 Å². The number of anilines is 1. The number of rotatable bonds is 5. The maximum Gasteiger partial charge on any atom is 0.251 e. The van der Waals surface area contributed by atoms with Crippen LogP contribution in [0, 0.1) is 5.82 Å². The second-order valence-electron chi connectivity index (χ2n) is 5.11. The number of carbonyl (C=O) groups excluding carboxylic acids is 2. The van der Waals surface area contributed by atoms with Crippen LogP contribution in [0.5, 0.6) is 5.75 Å². The molecule has 2 aromatic carbocycles. The average Bonchev–Trinajstić information content (AvgIpc) is 2.58. The Kier molecular flexibility index (Phi) is 5.00. The number of carbonyl (C=O) groups is 2. The van der Waals surface area contributed by atoms with Crippen molar-refractivity contribution in [3.63, 3.8) is 0 Å². The maximum atomic E-state index is 13.0. The van der Waals surface area contributed by atoms with E-state index in [-0.39, 0.29) is 30.8 Å². The Morgan fingerprint density at radius 2 is 2.17 bits per heavy atom. The molecular weight excluding hydrogens is 331 g/mol. The normalized spacial score (nSPS) is 13.0. The predicted octanol–water partition coefficient (Wildman–Crippen LogP) is 2.68. The van der Waals surface area contributed by atoms with Crippen molar-refractivity contribution >= 4 is 29.3 Å². The summed E-state index contributed by atoms with van der Waals surface area (Å²) in [7, 11) is 0. The molecule has 2 aromatic rings. The lowest BCUT2D eigenvalue weighted by molar-refractivity contribution is -0.113. The summed E-state index contributed by atoms with van der Waals surface area (Å²) < 4.78 is 18.4. The highest BCUT2D eigenvalue weighted by Crippen LogP contribution is 2.31. The van der Waals surface area contributed by atoms with Crippen molar-refractivity contribution in [1.29, 1.82) is 0 Å². The SMILES string of the molecule is O=C1CSc2ccc(C(=O)NCCOc3cccc(F)c3)cc2N1. The molecule has 0 spiro atoms. The van der Waals surface area contributed by atoms with Gasteiger partial charge in [0.15, 0.2) is 0 Å². The highest BCUT2D eigenvalue weighted by atomic mass is 32.2. The molecule has 0 saturated heterocycles. The van der Waals surface area contributed by atoms with Gasteiger partial charge in [0.2, 0.25) is 5.91 Å². The standard InChI is InChI=1S/C17H15FN2O3S/c18-12-2-1-3-13(9-12)23-7-6-19-17(22)11-4-5-15-14(8-11)20-16(21)10-24-15/h1-5,8-9H,6-7,10H2,(H,19,22)(H,20,21). The third kappa shape index (κ3) is 4.05. The van der Waals surface area contributed by atoms with Gasteiger partial charge in [-0.3, -0.25) is 9.59 Å². The Morgan fingerprint density at radius 1 is 1.29 bits per heavy atom. The smallest absolute Gasteiger partial charge is 0.251 e. The Morgan fingerprint density at radius 3 is 3.00 bits per heavy atom. The van der Waals surface area contributed by atoms with Gasteiger partial charge in [-0.15, -0.1) is 11.8 Å². The van der Waals surface area contributed by atoms with Gasteiger partial charge in [-0.05, 0) is 30.3 Å². The first kappa shape index (κ1) is 16.3. The van der Waals surface area contributed by atoms with E-state index >= 15 is 0 Å². The molecule has 0 unspecified atom stereocenters. The van der Waals surface area contributed by atoms with E-state index < -0.39 is 0 Å². The third-order valence-corrected chi connectivity index (χ3v) is 4.40. The zero-order chi connectivity index (χ0) is 16.9. The van der Waals surface area contributed by atoms with Crippen molar-refractivity contribution in [1.82, 2.24) is 5.32 Å². The minimum atomic E-state index is -0.370. The number of hydrogen-bond acceptors (Lipinski definition) is 4. The van der Waals surface area contributed by atoms with Gasteiger partial charge in [0.05, 0.1) is 18.0 Å². The van der Waals surface area contributed by atoms with Crippen LogP contribution in [-0.2, 0) is 4.79 Å². The fourth-order valence-corrected chi connectivity index (χ4v) is 3.01. The Bertz CT molecular complexity index is 782. The summed E-state index contributed by atoms with van der Waals surface area (Å²) in [6.45, 7) is 0.514. The lowest BCUT2D eigenvalue weighted by Gasteiger charge is -2.17. The maximum absolute atomic E-state index is 13.0. The van der Waals surface area contributed by atoms with E-state index in [1.54, 1.807) is 24.3 Å². The minimum absolute atomic E-state index is 0.0754. The summed E-state index contributed by atoms with van der Waals surface area (Å²) in [5, 5.41) is 5.47. The summed E-state index contributed by atoms with van der Waals surface area (Å²) in [5.41, 5.74) is 1.11. The van der Waals surface area contributed by atoms with Crippen molar-refractivity contribution < 1.29 is 18.7 Å². The molecule has 5 nitrogen and oxygen atoms in total. The first-order valence-corrected chi connectivity index (χ1v) is 8.33. The van der Waals surface area contributed by atoms with Crippen molar-refractivity contribution in [3.8, 4) is 5.75 Å². The summed E-state index contributed by atoms with van der Waals surface area (Å²) in [5.74, 6) is 0.0953. The number of halogens is 1.